The van der Waals surface area contributed by atoms with Crippen molar-refractivity contribution in [2.75, 3.05) is 32.8 Å². The SMILES string of the molecule is Cc1cccnc1C(=O)N1CC(CO)C2(CCNCC2)C1. The van der Waals surface area contributed by atoms with Crippen LogP contribution in [-0.2, 0) is 0 Å². The molecule has 2 N–H and O–H groups in total. The molecule has 5 heteroatoms. The minimum atomic E-state index is 0.00181. The summed E-state index contributed by atoms with van der Waals surface area (Å²) in [5, 5.41) is 13.1. The van der Waals surface area contributed by atoms with Crippen molar-refractivity contribution in [2.45, 2.75) is 19.8 Å². The number of aromatic nitrogens is 1. The second kappa shape index (κ2) is 5.73. The molecule has 1 atom stereocenters. The van der Waals surface area contributed by atoms with Crippen molar-refractivity contribution in [1.29, 1.82) is 0 Å². The number of rotatable bonds is 2. The number of pyridine rings is 1. The number of aliphatic hydroxyl groups excluding tert-OH is 1. The molecule has 0 radical (unpaired) electrons. The van der Waals surface area contributed by atoms with Gasteiger partial charge in [-0.05, 0) is 49.9 Å². The molecule has 3 heterocycles. The smallest absolute Gasteiger partial charge is 0.272 e. The highest BCUT2D eigenvalue weighted by Gasteiger charge is 2.48. The molecule has 0 saturated carbocycles. The summed E-state index contributed by atoms with van der Waals surface area (Å²) in [5.74, 6) is 0.189. The van der Waals surface area contributed by atoms with E-state index in [4.69, 9.17) is 0 Å². The third kappa shape index (κ3) is 2.56. The van der Waals surface area contributed by atoms with Crippen LogP contribution >= 0.6 is 0 Å². The van der Waals surface area contributed by atoms with Crippen LogP contribution in [0.4, 0.5) is 0 Å². The van der Waals surface area contributed by atoms with E-state index in [1.54, 1.807) is 6.20 Å². The van der Waals surface area contributed by atoms with Gasteiger partial charge in [0.2, 0.25) is 0 Å². The van der Waals surface area contributed by atoms with Crippen molar-refractivity contribution >= 4 is 5.91 Å². The molecule has 1 amide bonds. The highest BCUT2D eigenvalue weighted by Crippen LogP contribution is 2.43. The molecule has 2 aliphatic rings. The molecule has 5 nitrogen and oxygen atoms in total. The Hall–Kier alpha value is -1.46. The Morgan fingerprint density at radius 3 is 2.95 bits per heavy atom. The Kier molecular flexibility index (Phi) is 3.95. The molecule has 21 heavy (non-hydrogen) atoms. The number of hydrogen-bond donors (Lipinski definition) is 2. The molecule has 1 aromatic rings. The summed E-state index contributed by atoms with van der Waals surface area (Å²) >= 11 is 0. The van der Waals surface area contributed by atoms with Gasteiger partial charge in [-0.3, -0.25) is 9.78 Å². The zero-order chi connectivity index (χ0) is 14.9. The molecule has 1 aromatic heterocycles. The van der Waals surface area contributed by atoms with Crippen LogP contribution in [0.1, 0.15) is 28.9 Å². The highest BCUT2D eigenvalue weighted by molar-refractivity contribution is 5.93. The maximum absolute atomic E-state index is 12.7. The van der Waals surface area contributed by atoms with E-state index in [1.807, 2.05) is 24.0 Å². The molecule has 2 saturated heterocycles. The number of amides is 1. The van der Waals surface area contributed by atoms with Crippen molar-refractivity contribution in [2.24, 2.45) is 11.3 Å². The Bertz CT molecular complexity index is 526. The largest absolute Gasteiger partial charge is 0.396 e. The highest BCUT2D eigenvalue weighted by atomic mass is 16.3. The first-order valence-electron chi connectivity index (χ1n) is 7.69. The molecule has 1 unspecified atom stereocenters. The number of carbonyl (C=O) groups excluding carboxylic acids is 1. The summed E-state index contributed by atoms with van der Waals surface area (Å²) in [6.45, 7) is 5.41. The molecule has 114 valence electrons. The minimum Gasteiger partial charge on any atom is -0.396 e. The van der Waals surface area contributed by atoms with E-state index in [2.05, 4.69) is 10.3 Å². The molecule has 0 aliphatic carbocycles. The van der Waals surface area contributed by atoms with Crippen LogP contribution in [0, 0.1) is 18.3 Å². The lowest BCUT2D eigenvalue weighted by Gasteiger charge is -2.37. The van der Waals surface area contributed by atoms with Gasteiger partial charge >= 0.3 is 0 Å². The molecule has 0 bridgehead atoms. The van der Waals surface area contributed by atoms with Crippen molar-refractivity contribution < 1.29 is 9.90 Å². The van der Waals surface area contributed by atoms with Crippen molar-refractivity contribution in [3.05, 3.63) is 29.6 Å². The third-order valence-corrected chi connectivity index (χ3v) is 5.13. The zero-order valence-corrected chi connectivity index (χ0v) is 12.5. The molecular formula is C16H23N3O2. The predicted molar refractivity (Wildman–Crippen MR) is 80.0 cm³/mol. The van der Waals surface area contributed by atoms with Gasteiger partial charge in [0.15, 0.2) is 0 Å². The summed E-state index contributed by atoms with van der Waals surface area (Å²) in [6, 6.07) is 3.76. The van der Waals surface area contributed by atoms with Crippen molar-refractivity contribution in [3.63, 3.8) is 0 Å². The Morgan fingerprint density at radius 1 is 1.52 bits per heavy atom. The summed E-state index contributed by atoms with van der Waals surface area (Å²) in [4.78, 5) is 18.9. The molecule has 2 aliphatic heterocycles. The van der Waals surface area contributed by atoms with E-state index >= 15 is 0 Å². The average Bonchev–Trinajstić information content (AvgIpc) is 2.86. The number of carbonyl (C=O) groups is 1. The lowest BCUT2D eigenvalue weighted by Crippen LogP contribution is -2.43. The van der Waals surface area contributed by atoms with Gasteiger partial charge < -0.3 is 15.3 Å². The first-order chi connectivity index (χ1) is 10.2. The molecule has 3 rings (SSSR count). The van der Waals surface area contributed by atoms with Crippen LogP contribution in [-0.4, -0.2) is 53.7 Å². The van der Waals surface area contributed by atoms with Gasteiger partial charge in [0, 0.05) is 31.8 Å². The number of nitrogens with zero attached hydrogens (tertiary/aromatic N) is 2. The molecule has 1 spiro atoms. The Morgan fingerprint density at radius 2 is 2.29 bits per heavy atom. The van der Waals surface area contributed by atoms with Crippen LogP contribution in [0.2, 0.25) is 0 Å². The van der Waals surface area contributed by atoms with E-state index < -0.39 is 0 Å². The van der Waals surface area contributed by atoms with E-state index in [9.17, 15) is 9.90 Å². The normalized spacial score (nSPS) is 24.5. The van der Waals surface area contributed by atoms with Crippen LogP contribution in [0.5, 0.6) is 0 Å². The van der Waals surface area contributed by atoms with Gasteiger partial charge in [-0.1, -0.05) is 6.07 Å². The fourth-order valence-electron chi connectivity index (χ4n) is 3.79. The number of likely N-dealkylation sites (tertiary alicyclic amines) is 1. The summed E-state index contributed by atoms with van der Waals surface area (Å²) in [6.07, 6.45) is 3.73. The quantitative estimate of drug-likeness (QED) is 0.846. The minimum absolute atomic E-state index is 0.00181. The maximum atomic E-state index is 12.7. The summed E-state index contributed by atoms with van der Waals surface area (Å²) < 4.78 is 0. The van der Waals surface area contributed by atoms with Crippen LogP contribution in [0.3, 0.4) is 0 Å². The summed E-state index contributed by atoms with van der Waals surface area (Å²) in [7, 11) is 0. The molecule has 2 fully saturated rings. The number of hydrogen-bond acceptors (Lipinski definition) is 4. The Balaban J connectivity index is 1.81. The lowest BCUT2D eigenvalue weighted by atomic mass is 9.71. The monoisotopic (exact) mass is 289 g/mol. The second-order valence-corrected chi connectivity index (χ2v) is 6.35. The van der Waals surface area contributed by atoms with Crippen LogP contribution in [0.25, 0.3) is 0 Å². The predicted octanol–water partition coefficient (Wildman–Crippen LogP) is 0.824. The van der Waals surface area contributed by atoms with Gasteiger partial charge in [0.25, 0.3) is 5.91 Å². The van der Waals surface area contributed by atoms with Crippen molar-refractivity contribution in [1.82, 2.24) is 15.2 Å². The molecular weight excluding hydrogens is 266 g/mol. The van der Waals surface area contributed by atoms with Crippen LogP contribution < -0.4 is 5.32 Å². The summed E-state index contributed by atoms with van der Waals surface area (Å²) in [5.41, 5.74) is 1.53. The van der Waals surface area contributed by atoms with E-state index in [-0.39, 0.29) is 23.8 Å². The fourth-order valence-corrected chi connectivity index (χ4v) is 3.79. The Labute approximate surface area is 125 Å². The van der Waals surface area contributed by atoms with E-state index in [0.29, 0.717) is 12.2 Å². The number of piperidine rings is 1. The molecule has 0 aromatic carbocycles. The number of aliphatic hydroxyl groups is 1. The van der Waals surface area contributed by atoms with Gasteiger partial charge in [-0.15, -0.1) is 0 Å². The van der Waals surface area contributed by atoms with E-state index in [1.165, 1.54) is 0 Å². The van der Waals surface area contributed by atoms with Gasteiger partial charge in [0.1, 0.15) is 5.69 Å². The average molecular weight is 289 g/mol. The first kappa shape index (κ1) is 14.5. The second-order valence-electron chi connectivity index (χ2n) is 6.35. The van der Waals surface area contributed by atoms with Gasteiger partial charge in [-0.25, -0.2) is 0 Å². The zero-order valence-electron chi connectivity index (χ0n) is 12.5. The number of aryl methyl sites for hydroxylation is 1. The van der Waals surface area contributed by atoms with E-state index in [0.717, 1.165) is 38.0 Å². The fraction of sp³-hybridized carbons (Fsp3) is 0.625. The van der Waals surface area contributed by atoms with Crippen molar-refractivity contribution in [3.8, 4) is 0 Å². The van der Waals surface area contributed by atoms with Crippen LogP contribution in [0.15, 0.2) is 18.3 Å². The topological polar surface area (TPSA) is 65.5 Å². The van der Waals surface area contributed by atoms with Gasteiger partial charge in [0.05, 0.1) is 0 Å². The van der Waals surface area contributed by atoms with Gasteiger partial charge in [-0.2, -0.15) is 0 Å². The number of nitrogens with one attached hydrogen (secondary N) is 1. The lowest BCUT2D eigenvalue weighted by molar-refractivity contribution is 0.0749. The standard InChI is InChI=1S/C16H23N3O2/c1-12-3-2-6-18-14(12)15(21)19-9-13(10-20)16(11-19)4-7-17-8-5-16/h2-3,6,13,17,20H,4-5,7-11H2,1H3. The maximum Gasteiger partial charge on any atom is 0.272 e. The first-order valence-corrected chi connectivity index (χ1v) is 7.69. The third-order valence-electron chi connectivity index (χ3n) is 5.13.